The van der Waals surface area contributed by atoms with Crippen LogP contribution in [0.5, 0.6) is 5.75 Å². The normalized spacial score (nSPS) is 11.9. The molecule has 0 spiro atoms. The maximum atomic E-state index is 15.3. The highest BCUT2D eigenvalue weighted by atomic mass is 19.1. The first-order valence-electron chi connectivity index (χ1n) is 12.8. The lowest BCUT2D eigenvalue weighted by atomic mass is 9.87. The third kappa shape index (κ3) is 5.62. The molecule has 1 N–H and O–H groups in total. The standard InChI is InChI=1S/C33H31FN2O2/c1-23-12-17-31(34)29(18-23)28(19-33(37)35-20-24-8-4-3-5-9-24)30-22-36(32-11-7-6-10-27(30)32)21-25-13-15-26(38-2)16-14-25/h3-18,22,28H,19-21H2,1-2H3,(H,35,37)/t28-/m1/s1. The van der Waals surface area contributed by atoms with Gasteiger partial charge in [-0.1, -0.05) is 78.4 Å². The minimum Gasteiger partial charge on any atom is -0.497 e. The van der Waals surface area contributed by atoms with Crippen LogP contribution in [-0.4, -0.2) is 17.6 Å². The Morgan fingerprint density at radius 1 is 0.895 bits per heavy atom. The number of methoxy groups -OCH3 is 1. The number of aromatic nitrogens is 1. The van der Waals surface area contributed by atoms with Crippen LogP contribution >= 0.6 is 0 Å². The van der Waals surface area contributed by atoms with E-state index in [9.17, 15) is 4.79 Å². The third-order valence-corrected chi connectivity index (χ3v) is 6.96. The predicted molar refractivity (Wildman–Crippen MR) is 150 cm³/mol. The summed E-state index contributed by atoms with van der Waals surface area (Å²) in [5.41, 5.74) is 5.62. The lowest BCUT2D eigenvalue weighted by molar-refractivity contribution is -0.121. The molecule has 0 aliphatic rings. The summed E-state index contributed by atoms with van der Waals surface area (Å²) in [6.07, 6.45) is 2.22. The molecule has 1 aromatic heterocycles. The van der Waals surface area contributed by atoms with Crippen LogP contribution in [-0.2, 0) is 17.9 Å². The zero-order chi connectivity index (χ0) is 26.5. The number of hydrogen-bond donors (Lipinski definition) is 1. The minimum atomic E-state index is -0.437. The summed E-state index contributed by atoms with van der Waals surface area (Å²) in [5.74, 6) is -0.0498. The largest absolute Gasteiger partial charge is 0.497 e. The monoisotopic (exact) mass is 506 g/mol. The third-order valence-electron chi connectivity index (χ3n) is 6.96. The summed E-state index contributed by atoms with van der Waals surface area (Å²) < 4.78 is 22.8. The van der Waals surface area contributed by atoms with Crippen LogP contribution in [0.25, 0.3) is 10.9 Å². The van der Waals surface area contributed by atoms with Crippen LogP contribution in [0.1, 0.15) is 40.2 Å². The highest BCUT2D eigenvalue weighted by molar-refractivity contribution is 5.87. The number of halogens is 1. The number of nitrogens with one attached hydrogen (secondary N) is 1. The second kappa shape index (κ2) is 11.3. The average Bonchev–Trinajstić information content (AvgIpc) is 3.31. The Balaban J connectivity index is 1.52. The van der Waals surface area contributed by atoms with Gasteiger partial charge in [-0.2, -0.15) is 0 Å². The van der Waals surface area contributed by atoms with Crippen LogP contribution in [0, 0.1) is 12.7 Å². The molecule has 4 nitrogen and oxygen atoms in total. The Bertz CT molecular complexity index is 1540. The number of fused-ring (bicyclic) bond motifs is 1. The SMILES string of the molecule is COc1ccc(Cn2cc([C@H](CC(=O)NCc3ccccc3)c3cc(C)ccc3F)c3ccccc32)cc1. The topological polar surface area (TPSA) is 43.3 Å². The molecule has 38 heavy (non-hydrogen) atoms. The lowest BCUT2D eigenvalue weighted by Crippen LogP contribution is -2.25. The number of nitrogens with zero attached hydrogens (tertiary/aromatic N) is 1. The van der Waals surface area contributed by atoms with Gasteiger partial charge in [0.15, 0.2) is 0 Å². The number of ether oxygens (including phenoxy) is 1. The molecule has 4 aromatic carbocycles. The second-order valence-corrected chi connectivity index (χ2v) is 9.62. The van der Waals surface area contributed by atoms with Crippen LogP contribution in [0.4, 0.5) is 4.39 Å². The van der Waals surface area contributed by atoms with Crippen molar-refractivity contribution in [2.75, 3.05) is 7.11 Å². The number of hydrogen-bond acceptors (Lipinski definition) is 2. The summed E-state index contributed by atoms with van der Waals surface area (Å²) in [5, 5.41) is 4.04. The summed E-state index contributed by atoms with van der Waals surface area (Å²) >= 11 is 0. The van der Waals surface area contributed by atoms with Crippen molar-refractivity contribution in [3.8, 4) is 5.75 Å². The summed E-state index contributed by atoms with van der Waals surface area (Å²) in [6.45, 7) is 3.03. The summed E-state index contributed by atoms with van der Waals surface area (Å²) in [7, 11) is 1.65. The molecule has 1 atom stereocenters. The molecule has 5 heteroatoms. The minimum absolute atomic E-state index is 0.119. The fourth-order valence-corrected chi connectivity index (χ4v) is 4.98. The van der Waals surface area contributed by atoms with Crippen molar-refractivity contribution in [2.24, 2.45) is 0 Å². The van der Waals surface area contributed by atoms with Gasteiger partial charge in [0.05, 0.1) is 7.11 Å². The number of amides is 1. The van der Waals surface area contributed by atoms with Crippen molar-refractivity contribution in [3.63, 3.8) is 0 Å². The van der Waals surface area contributed by atoms with Gasteiger partial charge in [0.2, 0.25) is 5.91 Å². The van der Waals surface area contributed by atoms with Gasteiger partial charge in [-0.3, -0.25) is 4.79 Å². The molecule has 0 saturated heterocycles. The number of carbonyl (C=O) groups excluding carboxylic acids is 1. The Morgan fingerprint density at radius 3 is 2.39 bits per heavy atom. The molecule has 0 fully saturated rings. The first-order chi connectivity index (χ1) is 18.5. The van der Waals surface area contributed by atoms with Crippen molar-refractivity contribution in [1.82, 2.24) is 9.88 Å². The van der Waals surface area contributed by atoms with E-state index < -0.39 is 5.92 Å². The molecule has 0 bridgehead atoms. The highest BCUT2D eigenvalue weighted by Crippen LogP contribution is 2.36. The number of rotatable bonds is 9. The van der Waals surface area contributed by atoms with Gasteiger partial charge in [-0.05, 0) is 53.4 Å². The van der Waals surface area contributed by atoms with Crippen LogP contribution in [0.2, 0.25) is 0 Å². The summed E-state index contributed by atoms with van der Waals surface area (Å²) in [6, 6.07) is 31.0. The maximum Gasteiger partial charge on any atom is 0.221 e. The number of aryl methyl sites for hydroxylation is 1. The van der Waals surface area contributed by atoms with Crippen molar-refractivity contribution in [3.05, 3.63) is 137 Å². The Hall–Kier alpha value is -4.38. The number of para-hydroxylation sites is 1. The first kappa shape index (κ1) is 25.3. The van der Waals surface area contributed by atoms with Gasteiger partial charge in [0.25, 0.3) is 0 Å². The van der Waals surface area contributed by atoms with E-state index in [1.165, 1.54) is 6.07 Å². The molecule has 1 heterocycles. The van der Waals surface area contributed by atoms with E-state index in [1.54, 1.807) is 13.2 Å². The summed E-state index contributed by atoms with van der Waals surface area (Å²) in [4.78, 5) is 13.2. The van der Waals surface area contributed by atoms with Crippen molar-refractivity contribution in [1.29, 1.82) is 0 Å². The first-order valence-corrected chi connectivity index (χ1v) is 12.8. The van der Waals surface area contributed by atoms with Crippen molar-refractivity contribution < 1.29 is 13.9 Å². The Kier molecular flexibility index (Phi) is 7.55. The van der Waals surface area contributed by atoms with E-state index in [0.29, 0.717) is 18.7 Å². The molecule has 5 rings (SSSR count). The molecule has 0 aliphatic heterocycles. The molecule has 0 radical (unpaired) electrons. The van der Waals surface area contributed by atoms with Crippen LogP contribution in [0.3, 0.4) is 0 Å². The van der Waals surface area contributed by atoms with Crippen LogP contribution in [0.15, 0.2) is 103 Å². The zero-order valence-electron chi connectivity index (χ0n) is 21.7. The average molecular weight is 507 g/mol. The maximum absolute atomic E-state index is 15.3. The van der Waals surface area contributed by atoms with Crippen molar-refractivity contribution in [2.45, 2.75) is 32.4 Å². The van der Waals surface area contributed by atoms with E-state index in [2.05, 4.69) is 28.2 Å². The smallest absolute Gasteiger partial charge is 0.221 e. The van der Waals surface area contributed by atoms with Gasteiger partial charge in [-0.25, -0.2) is 4.39 Å². The lowest BCUT2D eigenvalue weighted by Gasteiger charge is -2.19. The molecule has 1 amide bonds. The van der Waals surface area contributed by atoms with Crippen molar-refractivity contribution >= 4 is 16.8 Å². The van der Waals surface area contributed by atoms with Gasteiger partial charge in [0.1, 0.15) is 11.6 Å². The van der Waals surface area contributed by atoms with Gasteiger partial charge in [0, 0.05) is 42.5 Å². The molecular formula is C33H31FN2O2. The van der Waals surface area contributed by atoms with E-state index >= 15 is 4.39 Å². The van der Waals surface area contributed by atoms with E-state index in [0.717, 1.165) is 38.9 Å². The molecule has 0 aliphatic carbocycles. The molecule has 0 unspecified atom stereocenters. The number of carbonyl (C=O) groups is 1. The van der Waals surface area contributed by atoms with Crippen LogP contribution < -0.4 is 10.1 Å². The second-order valence-electron chi connectivity index (χ2n) is 9.62. The van der Waals surface area contributed by atoms with E-state index in [1.807, 2.05) is 79.7 Å². The fraction of sp³-hybridized carbons (Fsp3) is 0.182. The molecule has 192 valence electrons. The van der Waals surface area contributed by atoms with E-state index in [4.69, 9.17) is 4.74 Å². The van der Waals surface area contributed by atoms with Gasteiger partial charge >= 0.3 is 0 Å². The molecule has 5 aromatic rings. The van der Waals surface area contributed by atoms with Gasteiger partial charge < -0.3 is 14.6 Å². The number of benzene rings is 4. The Morgan fingerprint density at radius 2 is 1.63 bits per heavy atom. The molecule has 0 saturated carbocycles. The zero-order valence-corrected chi connectivity index (χ0v) is 21.7. The Labute approximate surface area is 222 Å². The fourth-order valence-electron chi connectivity index (χ4n) is 4.98. The van der Waals surface area contributed by atoms with E-state index in [-0.39, 0.29) is 18.1 Å². The molecular weight excluding hydrogens is 475 g/mol. The predicted octanol–water partition coefficient (Wildman–Crippen LogP) is 6.98. The quantitative estimate of drug-likeness (QED) is 0.234. The highest BCUT2D eigenvalue weighted by Gasteiger charge is 2.25. The van der Waals surface area contributed by atoms with Gasteiger partial charge in [-0.15, -0.1) is 0 Å².